The van der Waals surface area contributed by atoms with Crippen LogP contribution in [-0.2, 0) is 9.53 Å². The van der Waals surface area contributed by atoms with Crippen molar-refractivity contribution in [2.75, 3.05) is 25.2 Å². The number of aromatic nitrogens is 1. The first-order chi connectivity index (χ1) is 9.16. The number of carbonyl (C=O) groups is 1. The Balaban J connectivity index is 1.85. The van der Waals surface area contributed by atoms with E-state index in [0.29, 0.717) is 18.2 Å². The lowest BCUT2D eigenvalue weighted by Gasteiger charge is -2.23. The van der Waals surface area contributed by atoms with Crippen LogP contribution < -0.4 is 4.90 Å². The van der Waals surface area contributed by atoms with E-state index in [4.69, 9.17) is 4.74 Å². The Labute approximate surface area is 122 Å². The third-order valence-corrected chi connectivity index (χ3v) is 4.03. The molecule has 4 nitrogen and oxygen atoms in total. The molecule has 0 saturated carbocycles. The average molecular weight is 327 g/mol. The summed E-state index contributed by atoms with van der Waals surface area (Å²) in [4.78, 5) is 18.0. The molecule has 2 heterocycles. The number of hydrogen-bond acceptors (Lipinski definition) is 3. The summed E-state index contributed by atoms with van der Waals surface area (Å²) in [6.07, 6.45) is 5.37. The molecule has 1 fully saturated rings. The van der Waals surface area contributed by atoms with Crippen molar-refractivity contribution in [3.63, 3.8) is 0 Å². The van der Waals surface area contributed by atoms with Gasteiger partial charge in [0.25, 0.3) is 0 Å². The van der Waals surface area contributed by atoms with Crippen molar-refractivity contribution in [2.45, 2.75) is 25.7 Å². The van der Waals surface area contributed by atoms with Crippen LogP contribution in [0.1, 0.15) is 25.7 Å². The number of hydrogen-bond donors (Lipinski definition) is 0. The molecule has 1 aromatic rings. The smallest absolute Gasteiger partial charge is 0.227 e. The first-order valence-corrected chi connectivity index (χ1v) is 7.42. The van der Waals surface area contributed by atoms with E-state index in [1.807, 2.05) is 12.1 Å². The molecular formula is C14H19BrN2O2. The topological polar surface area (TPSA) is 42.4 Å². The van der Waals surface area contributed by atoms with Crippen molar-refractivity contribution in [3.05, 3.63) is 22.8 Å². The predicted octanol–water partition coefficient (Wildman–Crippen LogP) is 3.01. The first-order valence-electron chi connectivity index (χ1n) is 6.62. The minimum Gasteiger partial charge on any atom is -0.381 e. The van der Waals surface area contributed by atoms with Gasteiger partial charge in [-0.15, -0.1) is 0 Å². The Bertz CT molecular complexity index is 433. The molecule has 0 aromatic carbocycles. The van der Waals surface area contributed by atoms with Crippen LogP contribution in [0, 0.1) is 5.92 Å². The Morgan fingerprint density at radius 2 is 2.26 bits per heavy atom. The van der Waals surface area contributed by atoms with Crippen molar-refractivity contribution in [2.24, 2.45) is 5.92 Å². The highest BCUT2D eigenvalue weighted by Crippen LogP contribution is 2.22. The van der Waals surface area contributed by atoms with Crippen LogP contribution in [-0.4, -0.2) is 31.2 Å². The molecule has 19 heavy (non-hydrogen) atoms. The van der Waals surface area contributed by atoms with E-state index in [0.717, 1.165) is 36.9 Å². The van der Waals surface area contributed by atoms with Gasteiger partial charge in [-0.2, -0.15) is 0 Å². The molecule has 1 saturated heterocycles. The van der Waals surface area contributed by atoms with Gasteiger partial charge >= 0.3 is 0 Å². The van der Waals surface area contributed by atoms with E-state index in [2.05, 4.69) is 20.9 Å². The summed E-state index contributed by atoms with van der Waals surface area (Å²) in [5, 5.41) is 0. The number of pyridine rings is 1. The summed E-state index contributed by atoms with van der Waals surface area (Å²) < 4.78 is 6.26. The second-order valence-corrected chi connectivity index (χ2v) is 5.80. The maximum absolute atomic E-state index is 12.1. The van der Waals surface area contributed by atoms with E-state index in [-0.39, 0.29) is 5.91 Å². The molecule has 0 spiro atoms. The number of amides is 1. The maximum atomic E-state index is 12.1. The number of anilines is 1. The van der Waals surface area contributed by atoms with Gasteiger partial charge in [-0.3, -0.25) is 9.69 Å². The summed E-state index contributed by atoms with van der Waals surface area (Å²) in [5.74, 6) is 1.44. The summed E-state index contributed by atoms with van der Waals surface area (Å²) in [6, 6.07) is 3.70. The highest BCUT2D eigenvalue weighted by molar-refractivity contribution is 9.10. The molecular weight excluding hydrogens is 308 g/mol. The fourth-order valence-corrected chi connectivity index (χ4v) is 2.56. The SMILES string of the molecule is CN(C(=O)CCC1CCOCC1)c1cc(Br)ccn1. The summed E-state index contributed by atoms with van der Waals surface area (Å²) in [6.45, 7) is 1.67. The molecule has 0 aliphatic carbocycles. The lowest BCUT2D eigenvalue weighted by molar-refractivity contribution is -0.118. The van der Waals surface area contributed by atoms with Crippen LogP contribution in [0.25, 0.3) is 0 Å². The Kier molecular flexibility index (Phi) is 5.34. The van der Waals surface area contributed by atoms with Crippen LogP contribution in [0.2, 0.25) is 0 Å². The average Bonchev–Trinajstić information content (AvgIpc) is 2.45. The summed E-state index contributed by atoms with van der Waals surface area (Å²) in [5.41, 5.74) is 0. The van der Waals surface area contributed by atoms with Crippen LogP contribution in [0.15, 0.2) is 22.8 Å². The van der Waals surface area contributed by atoms with Gasteiger partial charge in [-0.05, 0) is 37.3 Å². The van der Waals surface area contributed by atoms with Gasteiger partial charge in [0.2, 0.25) is 5.91 Å². The van der Waals surface area contributed by atoms with Gasteiger partial charge in [0.05, 0.1) is 0 Å². The van der Waals surface area contributed by atoms with Crippen molar-refractivity contribution < 1.29 is 9.53 Å². The minimum atomic E-state index is 0.122. The van der Waals surface area contributed by atoms with Crippen molar-refractivity contribution >= 4 is 27.7 Å². The van der Waals surface area contributed by atoms with E-state index < -0.39 is 0 Å². The Morgan fingerprint density at radius 3 is 2.95 bits per heavy atom. The second-order valence-electron chi connectivity index (χ2n) is 4.88. The first kappa shape index (κ1) is 14.5. The molecule has 1 aromatic heterocycles. The lowest BCUT2D eigenvalue weighted by atomic mass is 9.95. The van der Waals surface area contributed by atoms with Gasteiger partial charge in [0.1, 0.15) is 5.82 Å². The van der Waals surface area contributed by atoms with Crippen LogP contribution in [0.3, 0.4) is 0 Å². The molecule has 0 unspecified atom stereocenters. The van der Waals surface area contributed by atoms with E-state index in [1.165, 1.54) is 0 Å². The summed E-state index contributed by atoms with van der Waals surface area (Å²) in [7, 11) is 1.78. The number of ether oxygens (including phenoxy) is 1. The molecule has 1 aliphatic heterocycles. The molecule has 1 aliphatic rings. The summed E-state index contributed by atoms with van der Waals surface area (Å²) >= 11 is 3.39. The third kappa shape index (κ3) is 4.28. The molecule has 1 amide bonds. The fourth-order valence-electron chi connectivity index (χ4n) is 2.24. The van der Waals surface area contributed by atoms with Gasteiger partial charge in [0.15, 0.2) is 0 Å². The van der Waals surface area contributed by atoms with Gasteiger partial charge < -0.3 is 4.74 Å². The number of rotatable bonds is 4. The van der Waals surface area contributed by atoms with Crippen molar-refractivity contribution in [3.8, 4) is 0 Å². The number of halogens is 1. The second kappa shape index (κ2) is 7.01. The van der Waals surface area contributed by atoms with E-state index >= 15 is 0 Å². The zero-order valence-corrected chi connectivity index (χ0v) is 12.7. The largest absolute Gasteiger partial charge is 0.381 e. The standard InChI is InChI=1S/C14H19BrN2O2/c1-17(13-10-12(15)4-7-16-13)14(18)3-2-11-5-8-19-9-6-11/h4,7,10-11H,2-3,5-6,8-9H2,1H3. The minimum absolute atomic E-state index is 0.122. The number of carbonyl (C=O) groups excluding carboxylic acids is 1. The maximum Gasteiger partial charge on any atom is 0.227 e. The molecule has 0 bridgehead atoms. The monoisotopic (exact) mass is 326 g/mol. The molecule has 0 N–H and O–H groups in total. The highest BCUT2D eigenvalue weighted by Gasteiger charge is 2.18. The lowest BCUT2D eigenvalue weighted by Crippen LogP contribution is -2.28. The van der Waals surface area contributed by atoms with Crippen LogP contribution in [0.5, 0.6) is 0 Å². The van der Waals surface area contributed by atoms with Crippen molar-refractivity contribution in [1.29, 1.82) is 0 Å². The fraction of sp³-hybridized carbons (Fsp3) is 0.571. The zero-order valence-electron chi connectivity index (χ0n) is 11.1. The zero-order chi connectivity index (χ0) is 13.7. The van der Waals surface area contributed by atoms with Crippen molar-refractivity contribution in [1.82, 2.24) is 4.98 Å². The molecule has 2 rings (SSSR count). The predicted molar refractivity (Wildman–Crippen MR) is 78.1 cm³/mol. The van der Waals surface area contributed by atoms with E-state index in [1.54, 1.807) is 18.1 Å². The number of nitrogens with zero attached hydrogens (tertiary/aromatic N) is 2. The van der Waals surface area contributed by atoms with Crippen LogP contribution >= 0.6 is 15.9 Å². The van der Waals surface area contributed by atoms with Crippen LogP contribution in [0.4, 0.5) is 5.82 Å². The molecule has 5 heteroatoms. The molecule has 104 valence electrons. The highest BCUT2D eigenvalue weighted by atomic mass is 79.9. The Morgan fingerprint density at radius 1 is 1.53 bits per heavy atom. The van der Waals surface area contributed by atoms with E-state index in [9.17, 15) is 4.79 Å². The molecule has 0 atom stereocenters. The third-order valence-electron chi connectivity index (χ3n) is 3.53. The molecule has 0 radical (unpaired) electrons. The quantitative estimate of drug-likeness (QED) is 0.854. The van der Waals surface area contributed by atoms with Gasteiger partial charge in [-0.1, -0.05) is 15.9 Å². The van der Waals surface area contributed by atoms with Gasteiger partial charge in [0, 0.05) is 37.4 Å². The normalized spacial score (nSPS) is 16.3. The van der Waals surface area contributed by atoms with Gasteiger partial charge in [-0.25, -0.2) is 4.98 Å². The Hall–Kier alpha value is -0.940.